The van der Waals surface area contributed by atoms with Crippen molar-refractivity contribution in [2.24, 2.45) is 5.92 Å². The first-order chi connectivity index (χ1) is 12.5. The zero-order chi connectivity index (χ0) is 18.7. The molecule has 138 valence electrons. The van der Waals surface area contributed by atoms with E-state index >= 15 is 0 Å². The molecular formula is C19H25N5O2. The molecular weight excluding hydrogens is 330 g/mol. The number of aromatic nitrogens is 3. The van der Waals surface area contributed by atoms with Crippen molar-refractivity contribution in [3.05, 3.63) is 47.5 Å². The van der Waals surface area contributed by atoms with Crippen LogP contribution in [0.4, 0.5) is 0 Å². The molecule has 3 rings (SSSR count). The Kier molecular flexibility index (Phi) is 5.35. The lowest BCUT2D eigenvalue weighted by Gasteiger charge is -2.35. The molecule has 0 saturated heterocycles. The number of nitrogens with zero attached hydrogens (tertiary/aromatic N) is 4. The summed E-state index contributed by atoms with van der Waals surface area (Å²) in [5, 5.41) is 11.1. The van der Waals surface area contributed by atoms with Crippen molar-refractivity contribution in [1.82, 2.24) is 25.0 Å². The minimum absolute atomic E-state index is 0.0186. The summed E-state index contributed by atoms with van der Waals surface area (Å²) in [6, 6.07) is 9.07. The average Bonchev–Trinajstić information content (AvgIpc) is 3.01. The maximum absolute atomic E-state index is 12.6. The van der Waals surface area contributed by atoms with Crippen molar-refractivity contribution < 1.29 is 9.59 Å². The van der Waals surface area contributed by atoms with Gasteiger partial charge < -0.3 is 14.8 Å². The van der Waals surface area contributed by atoms with Crippen LogP contribution in [0.1, 0.15) is 48.3 Å². The fraction of sp³-hybridized carbons (Fsp3) is 0.474. The molecule has 1 aromatic heterocycles. The van der Waals surface area contributed by atoms with Crippen LogP contribution in [-0.4, -0.2) is 44.6 Å². The molecule has 2 aromatic rings. The first-order valence-electron chi connectivity index (χ1n) is 8.97. The van der Waals surface area contributed by atoms with Crippen molar-refractivity contribution in [2.75, 3.05) is 13.1 Å². The molecule has 1 aliphatic rings. The van der Waals surface area contributed by atoms with Gasteiger partial charge in [0.15, 0.2) is 5.82 Å². The highest BCUT2D eigenvalue weighted by molar-refractivity contribution is 5.96. The van der Waals surface area contributed by atoms with E-state index in [4.69, 9.17) is 0 Å². The van der Waals surface area contributed by atoms with Crippen molar-refractivity contribution in [1.29, 1.82) is 0 Å². The van der Waals surface area contributed by atoms with E-state index in [-0.39, 0.29) is 24.4 Å². The molecule has 1 aliphatic heterocycles. The number of aryl methyl sites for hydroxylation is 1. The van der Waals surface area contributed by atoms with Crippen LogP contribution in [0, 0.1) is 12.8 Å². The maximum atomic E-state index is 12.6. The van der Waals surface area contributed by atoms with E-state index in [1.807, 2.05) is 13.0 Å². The van der Waals surface area contributed by atoms with Crippen LogP contribution in [0.3, 0.4) is 0 Å². The third-order valence-electron chi connectivity index (χ3n) is 4.60. The lowest BCUT2D eigenvalue weighted by atomic mass is 10.0. The van der Waals surface area contributed by atoms with Gasteiger partial charge in [-0.05, 0) is 31.4 Å². The fourth-order valence-electron chi connectivity index (χ4n) is 3.44. The number of hydrogen-bond donors (Lipinski definition) is 1. The topological polar surface area (TPSA) is 80.1 Å². The van der Waals surface area contributed by atoms with Crippen LogP contribution in [0.15, 0.2) is 30.3 Å². The summed E-state index contributed by atoms with van der Waals surface area (Å²) in [7, 11) is 0. The molecule has 26 heavy (non-hydrogen) atoms. The quantitative estimate of drug-likeness (QED) is 0.889. The number of nitrogens with one attached hydrogen (secondary N) is 1. The standard InChI is InChI=1S/C19H25N5O2/c1-13(2)9-16-11-23(12-17-22-21-14(3)24(16)17)18(25)10-20-19(26)15-7-5-4-6-8-15/h4-8,13,16H,9-12H2,1-3H3,(H,20,26)/t16-/m0/s1. The molecule has 0 bridgehead atoms. The zero-order valence-corrected chi connectivity index (χ0v) is 15.5. The zero-order valence-electron chi connectivity index (χ0n) is 15.5. The number of carbonyl (C=O) groups excluding carboxylic acids is 2. The van der Waals surface area contributed by atoms with E-state index in [0.717, 1.165) is 18.1 Å². The SMILES string of the molecule is Cc1nnc2n1[C@@H](CC(C)C)CN(C(=O)CNC(=O)c1ccccc1)C2. The molecule has 7 nitrogen and oxygen atoms in total. The molecule has 0 spiro atoms. The van der Waals surface area contributed by atoms with Gasteiger partial charge in [-0.1, -0.05) is 32.0 Å². The van der Waals surface area contributed by atoms with Gasteiger partial charge in [-0.2, -0.15) is 0 Å². The van der Waals surface area contributed by atoms with E-state index in [9.17, 15) is 9.59 Å². The van der Waals surface area contributed by atoms with Crippen LogP contribution in [0.25, 0.3) is 0 Å². The molecule has 2 heterocycles. The Morgan fingerprint density at radius 2 is 1.96 bits per heavy atom. The van der Waals surface area contributed by atoms with Gasteiger partial charge >= 0.3 is 0 Å². The lowest BCUT2D eigenvalue weighted by Crippen LogP contribution is -2.46. The van der Waals surface area contributed by atoms with Gasteiger partial charge in [0.05, 0.1) is 19.1 Å². The summed E-state index contributed by atoms with van der Waals surface area (Å²) in [6.45, 7) is 7.30. The summed E-state index contributed by atoms with van der Waals surface area (Å²) in [5.74, 6) is 1.85. The summed E-state index contributed by atoms with van der Waals surface area (Å²) in [4.78, 5) is 26.5. The molecule has 0 fully saturated rings. The number of benzene rings is 1. The highest BCUT2D eigenvalue weighted by Crippen LogP contribution is 2.27. The van der Waals surface area contributed by atoms with E-state index in [0.29, 0.717) is 24.6 Å². The Morgan fingerprint density at radius 3 is 2.65 bits per heavy atom. The Hall–Kier alpha value is -2.70. The molecule has 0 saturated carbocycles. The molecule has 7 heteroatoms. The van der Waals surface area contributed by atoms with Crippen LogP contribution < -0.4 is 5.32 Å². The predicted octanol–water partition coefficient (Wildman–Crippen LogP) is 1.95. The van der Waals surface area contributed by atoms with Gasteiger partial charge in [0, 0.05) is 12.1 Å². The summed E-state index contributed by atoms with van der Waals surface area (Å²) in [5.41, 5.74) is 0.548. The second-order valence-electron chi connectivity index (χ2n) is 7.14. The van der Waals surface area contributed by atoms with Crippen LogP contribution in [0.5, 0.6) is 0 Å². The second kappa shape index (κ2) is 7.68. The van der Waals surface area contributed by atoms with Crippen LogP contribution in [0.2, 0.25) is 0 Å². The van der Waals surface area contributed by atoms with Gasteiger partial charge in [0.1, 0.15) is 5.82 Å². The minimum atomic E-state index is -0.242. The van der Waals surface area contributed by atoms with Gasteiger partial charge in [0.25, 0.3) is 5.91 Å². The highest BCUT2D eigenvalue weighted by atomic mass is 16.2. The van der Waals surface area contributed by atoms with Gasteiger partial charge in [-0.15, -0.1) is 10.2 Å². The maximum Gasteiger partial charge on any atom is 0.251 e. The van der Waals surface area contributed by atoms with Gasteiger partial charge in [0.2, 0.25) is 5.91 Å². The average molecular weight is 355 g/mol. The molecule has 2 amide bonds. The Morgan fingerprint density at radius 1 is 1.23 bits per heavy atom. The monoisotopic (exact) mass is 355 g/mol. The number of fused-ring (bicyclic) bond motifs is 1. The van der Waals surface area contributed by atoms with Gasteiger partial charge in [-0.3, -0.25) is 9.59 Å². The largest absolute Gasteiger partial charge is 0.343 e. The van der Waals surface area contributed by atoms with Crippen LogP contribution >= 0.6 is 0 Å². The lowest BCUT2D eigenvalue weighted by molar-refractivity contribution is -0.132. The molecule has 1 atom stereocenters. The smallest absolute Gasteiger partial charge is 0.251 e. The van der Waals surface area contributed by atoms with E-state index in [1.165, 1.54) is 0 Å². The first kappa shape index (κ1) is 18.1. The number of carbonyl (C=O) groups is 2. The minimum Gasteiger partial charge on any atom is -0.343 e. The Labute approximate surface area is 153 Å². The number of rotatable bonds is 5. The molecule has 1 aromatic carbocycles. The van der Waals surface area contributed by atoms with E-state index < -0.39 is 0 Å². The Bertz CT molecular complexity index is 784. The van der Waals surface area contributed by atoms with Crippen molar-refractivity contribution in [3.63, 3.8) is 0 Å². The van der Waals surface area contributed by atoms with Crippen molar-refractivity contribution in [2.45, 2.75) is 39.8 Å². The third-order valence-corrected chi connectivity index (χ3v) is 4.60. The number of hydrogen-bond acceptors (Lipinski definition) is 4. The third kappa shape index (κ3) is 3.92. The molecule has 0 unspecified atom stereocenters. The molecule has 0 aliphatic carbocycles. The predicted molar refractivity (Wildman–Crippen MR) is 97.4 cm³/mol. The molecule has 1 N–H and O–H groups in total. The van der Waals surface area contributed by atoms with Gasteiger partial charge in [-0.25, -0.2) is 0 Å². The fourth-order valence-corrected chi connectivity index (χ4v) is 3.44. The normalized spacial score (nSPS) is 16.5. The summed E-state index contributed by atoms with van der Waals surface area (Å²) < 4.78 is 2.15. The summed E-state index contributed by atoms with van der Waals surface area (Å²) >= 11 is 0. The second-order valence-corrected chi connectivity index (χ2v) is 7.14. The summed E-state index contributed by atoms with van der Waals surface area (Å²) in [6.07, 6.45) is 0.950. The van der Waals surface area contributed by atoms with Crippen LogP contribution in [-0.2, 0) is 11.3 Å². The molecule has 0 radical (unpaired) electrons. The number of amides is 2. The Balaban J connectivity index is 1.65. The highest BCUT2D eigenvalue weighted by Gasteiger charge is 2.30. The van der Waals surface area contributed by atoms with E-state index in [1.54, 1.807) is 29.2 Å². The van der Waals surface area contributed by atoms with Crippen molar-refractivity contribution >= 4 is 11.8 Å². The van der Waals surface area contributed by atoms with Crippen molar-refractivity contribution in [3.8, 4) is 0 Å². The van der Waals surface area contributed by atoms with E-state index in [2.05, 4.69) is 33.9 Å². The first-order valence-corrected chi connectivity index (χ1v) is 8.97.